The van der Waals surface area contributed by atoms with Gasteiger partial charge in [0.1, 0.15) is 0 Å². The highest BCUT2D eigenvalue weighted by atomic mass is 32.2. The van der Waals surface area contributed by atoms with E-state index >= 15 is 0 Å². The second-order valence-corrected chi connectivity index (χ2v) is 7.49. The van der Waals surface area contributed by atoms with E-state index in [1.807, 2.05) is 0 Å². The summed E-state index contributed by atoms with van der Waals surface area (Å²) in [6.45, 7) is 3.53. The van der Waals surface area contributed by atoms with Gasteiger partial charge >= 0.3 is 0 Å². The third-order valence-electron chi connectivity index (χ3n) is 2.20. The highest BCUT2D eigenvalue weighted by molar-refractivity contribution is 7.90. The number of sulfonamides is 2. The first-order chi connectivity index (χ1) is 7.79. The standard InChI is InChI=1S/C8H21N3O4S2/c1-3-8(7-9)17(14,15)11-5-6-16(12,13)10-4-2/h8,10-11H,3-7,9H2,1-2H3. The Kier molecular flexibility index (Phi) is 7.17. The molecular weight excluding hydrogens is 266 g/mol. The quantitative estimate of drug-likeness (QED) is 0.481. The minimum atomic E-state index is -3.53. The highest BCUT2D eigenvalue weighted by Crippen LogP contribution is 2.01. The Morgan fingerprint density at radius 3 is 2.12 bits per heavy atom. The van der Waals surface area contributed by atoms with E-state index in [0.717, 1.165) is 0 Å². The molecule has 0 aromatic carbocycles. The van der Waals surface area contributed by atoms with E-state index in [-0.39, 0.29) is 25.4 Å². The summed E-state index contributed by atoms with van der Waals surface area (Å²) in [4.78, 5) is 0. The van der Waals surface area contributed by atoms with Gasteiger partial charge in [-0.25, -0.2) is 26.3 Å². The molecule has 0 radical (unpaired) electrons. The Balaban J connectivity index is 4.30. The lowest BCUT2D eigenvalue weighted by Gasteiger charge is -2.14. The highest BCUT2D eigenvalue weighted by Gasteiger charge is 2.22. The molecule has 0 fully saturated rings. The Labute approximate surface area is 103 Å². The van der Waals surface area contributed by atoms with Crippen LogP contribution < -0.4 is 15.2 Å². The normalized spacial score (nSPS) is 14.8. The Morgan fingerprint density at radius 2 is 1.71 bits per heavy atom. The number of nitrogens with one attached hydrogen (secondary N) is 2. The molecule has 4 N–H and O–H groups in total. The van der Waals surface area contributed by atoms with Crippen LogP contribution in [0.1, 0.15) is 20.3 Å². The van der Waals surface area contributed by atoms with Gasteiger partial charge in [-0.3, -0.25) is 0 Å². The predicted octanol–water partition coefficient (Wildman–Crippen LogP) is -1.42. The molecule has 0 aromatic rings. The van der Waals surface area contributed by atoms with Crippen LogP contribution in [-0.2, 0) is 20.0 Å². The summed E-state index contributed by atoms with van der Waals surface area (Å²) in [7, 11) is -6.93. The lowest BCUT2D eigenvalue weighted by molar-refractivity contribution is 0.561. The Morgan fingerprint density at radius 1 is 1.12 bits per heavy atom. The molecule has 1 unspecified atom stereocenters. The van der Waals surface area contributed by atoms with Crippen LogP contribution in [0, 0.1) is 0 Å². The summed E-state index contributed by atoms with van der Waals surface area (Å²) in [6.07, 6.45) is 0.395. The molecular formula is C8H21N3O4S2. The molecule has 0 rings (SSSR count). The molecule has 0 bridgehead atoms. The van der Waals surface area contributed by atoms with E-state index in [4.69, 9.17) is 5.73 Å². The van der Waals surface area contributed by atoms with Crippen molar-refractivity contribution in [1.29, 1.82) is 0 Å². The van der Waals surface area contributed by atoms with Crippen molar-refractivity contribution >= 4 is 20.0 Å². The third kappa shape index (κ3) is 6.32. The molecule has 0 spiro atoms. The molecule has 0 aromatic heterocycles. The fourth-order valence-corrected chi connectivity index (χ4v) is 3.64. The number of rotatable bonds is 9. The molecule has 7 nitrogen and oxygen atoms in total. The van der Waals surface area contributed by atoms with Gasteiger partial charge in [0.25, 0.3) is 0 Å². The first-order valence-corrected chi connectivity index (χ1v) is 8.64. The second-order valence-electron chi connectivity index (χ2n) is 3.52. The maximum atomic E-state index is 11.6. The number of hydrogen-bond acceptors (Lipinski definition) is 5. The van der Waals surface area contributed by atoms with Crippen LogP contribution in [0.3, 0.4) is 0 Å². The summed E-state index contributed by atoms with van der Waals surface area (Å²) in [5.41, 5.74) is 5.32. The fraction of sp³-hybridized carbons (Fsp3) is 1.00. The molecule has 0 saturated heterocycles. The minimum Gasteiger partial charge on any atom is -0.329 e. The lowest BCUT2D eigenvalue weighted by atomic mass is 10.3. The van der Waals surface area contributed by atoms with Crippen LogP contribution in [-0.4, -0.2) is 47.5 Å². The van der Waals surface area contributed by atoms with Gasteiger partial charge in [0.15, 0.2) is 0 Å². The SMILES string of the molecule is CCNS(=O)(=O)CCNS(=O)(=O)C(CC)CN. The molecule has 104 valence electrons. The first-order valence-electron chi connectivity index (χ1n) is 5.45. The van der Waals surface area contributed by atoms with Crippen molar-refractivity contribution in [3.8, 4) is 0 Å². The van der Waals surface area contributed by atoms with Gasteiger partial charge in [-0.15, -0.1) is 0 Å². The lowest BCUT2D eigenvalue weighted by Crippen LogP contribution is -2.41. The van der Waals surface area contributed by atoms with E-state index in [0.29, 0.717) is 6.42 Å². The summed E-state index contributed by atoms with van der Waals surface area (Å²) in [5, 5.41) is -0.677. The van der Waals surface area contributed by atoms with Crippen molar-refractivity contribution in [2.24, 2.45) is 5.73 Å². The minimum absolute atomic E-state index is 0.0196. The van der Waals surface area contributed by atoms with E-state index in [9.17, 15) is 16.8 Å². The van der Waals surface area contributed by atoms with Crippen LogP contribution in [0.4, 0.5) is 0 Å². The van der Waals surface area contributed by atoms with Crippen molar-refractivity contribution in [3.63, 3.8) is 0 Å². The van der Waals surface area contributed by atoms with Crippen molar-refractivity contribution in [3.05, 3.63) is 0 Å². The first kappa shape index (κ1) is 16.8. The van der Waals surface area contributed by atoms with Crippen molar-refractivity contribution in [2.45, 2.75) is 25.5 Å². The zero-order valence-corrected chi connectivity index (χ0v) is 11.8. The maximum absolute atomic E-state index is 11.6. The van der Waals surface area contributed by atoms with Gasteiger partial charge < -0.3 is 5.73 Å². The second kappa shape index (κ2) is 7.27. The van der Waals surface area contributed by atoms with Gasteiger partial charge in [0.05, 0.1) is 11.0 Å². The van der Waals surface area contributed by atoms with E-state index < -0.39 is 25.3 Å². The van der Waals surface area contributed by atoms with Crippen molar-refractivity contribution in [1.82, 2.24) is 9.44 Å². The third-order valence-corrected chi connectivity index (χ3v) is 5.68. The van der Waals surface area contributed by atoms with Crippen LogP contribution >= 0.6 is 0 Å². The van der Waals surface area contributed by atoms with Gasteiger partial charge in [-0.2, -0.15) is 0 Å². The topological polar surface area (TPSA) is 118 Å². The monoisotopic (exact) mass is 287 g/mol. The molecule has 1 atom stereocenters. The van der Waals surface area contributed by atoms with Gasteiger partial charge in [0, 0.05) is 19.6 Å². The zero-order chi connectivity index (χ0) is 13.5. The molecule has 0 aliphatic heterocycles. The predicted molar refractivity (Wildman–Crippen MR) is 67.5 cm³/mol. The van der Waals surface area contributed by atoms with Gasteiger partial charge in [-0.05, 0) is 6.42 Å². The van der Waals surface area contributed by atoms with Crippen LogP contribution in [0.25, 0.3) is 0 Å². The van der Waals surface area contributed by atoms with Crippen LogP contribution in [0.2, 0.25) is 0 Å². The summed E-state index contributed by atoms with van der Waals surface area (Å²) in [6, 6.07) is 0. The van der Waals surface area contributed by atoms with Gasteiger partial charge in [-0.1, -0.05) is 13.8 Å². The number of hydrogen-bond donors (Lipinski definition) is 3. The van der Waals surface area contributed by atoms with Crippen LogP contribution in [0.5, 0.6) is 0 Å². The Hall–Kier alpha value is -0.220. The Bertz CT molecular complexity index is 400. The zero-order valence-electron chi connectivity index (χ0n) is 10.1. The average molecular weight is 287 g/mol. The van der Waals surface area contributed by atoms with Crippen molar-refractivity contribution < 1.29 is 16.8 Å². The molecule has 17 heavy (non-hydrogen) atoms. The summed E-state index contributed by atoms with van der Waals surface area (Å²) >= 11 is 0. The maximum Gasteiger partial charge on any atom is 0.215 e. The number of nitrogens with two attached hydrogens (primary N) is 1. The molecule has 0 amide bonds. The largest absolute Gasteiger partial charge is 0.329 e. The van der Waals surface area contributed by atoms with Crippen LogP contribution in [0.15, 0.2) is 0 Å². The molecule has 0 aliphatic carbocycles. The van der Waals surface area contributed by atoms with E-state index in [2.05, 4.69) is 9.44 Å². The average Bonchev–Trinajstić information content (AvgIpc) is 2.17. The van der Waals surface area contributed by atoms with E-state index in [1.54, 1.807) is 13.8 Å². The van der Waals surface area contributed by atoms with E-state index in [1.165, 1.54) is 0 Å². The fourth-order valence-electron chi connectivity index (χ4n) is 1.24. The summed E-state index contributed by atoms with van der Waals surface area (Å²) in [5.74, 6) is -0.277. The summed E-state index contributed by atoms with van der Waals surface area (Å²) < 4.78 is 50.3. The van der Waals surface area contributed by atoms with Crippen molar-refractivity contribution in [2.75, 3.05) is 25.4 Å². The molecule has 0 heterocycles. The van der Waals surface area contributed by atoms with Gasteiger partial charge in [0.2, 0.25) is 20.0 Å². The molecule has 0 aliphatic rings. The smallest absolute Gasteiger partial charge is 0.215 e. The molecule has 0 saturated carbocycles. The molecule has 9 heteroatoms.